The first-order valence-electron chi connectivity index (χ1n) is 7.18. The van der Waals surface area contributed by atoms with E-state index in [0.29, 0.717) is 22.0 Å². The van der Waals surface area contributed by atoms with E-state index in [9.17, 15) is 13.2 Å². The Balaban J connectivity index is 1.90. The SMILES string of the molecule is Cc1ccc(NS(=O)(=O)c2cc(-c3ccc(=O)n(C)n3)cs2)cc1Cl. The van der Waals surface area contributed by atoms with Crippen LogP contribution in [0.1, 0.15) is 5.56 Å². The maximum absolute atomic E-state index is 12.5. The third kappa shape index (κ3) is 3.76. The predicted octanol–water partition coefficient (Wildman–Crippen LogP) is 3.27. The van der Waals surface area contributed by atoms with Gasteiger partial charge in [-0.25, -0.2) is 13.1 Å². The fourth-order valence-corrected chi connectivity index (χ4v) is 4.51. The van der Waals surface area contributed by atoms with Crippen molar-refractivity contribution in [1.29, 1.82) is 0 Å². The Morgan fingerprint density at radius 1 is 1.20 bits per heavy atom. The van der Waals surface area contributed by atoms with Crippen molar-refractivity contribution in [3.05, 3.63) is 62.7 Å². The number of benzene rings is 1. The Labute approximate surface area is 153 Å². The number of anilines is 1. The topological polar surface area (TPSA) is 81.1 Å². The predicted molar refractivity (Wildman–Crippen MR) is 99.8 cm³/mol. The van der Waals surface area contributed by atoms with Gasteiger partial charge in [0.15, 0.2) is 0 Å². The van der Waals surface area contributed by atoms with Gasteiger partial charge in [0, 0.05) is 29.1 Å². The molecule has 9 heteroatoms. The molecule has 0 aliphatic heterocycles. The van der Waals surface area contributed by atoms with Crippen molar-refractivity contribution in [2.75, 3.05) is 4.72 Å². The van der Waals surface area contributed by atoms with E-state index >= 15 is 0 Å². The second-order valence-corrected chi connectivity index (χ2v) is 8.63. The quantitative estimate of drug-likeness (QED) is 0.735. The number of hydrogen-bond donors (Lipinski definition) is 1. The first-order chi connectivity index (χ1) is 11.8. The van der Waals surface area contributed by atoms with Gasteiger partial charge in [0.2, 0.25) is 0 Å². The highest BCUT2D eigenvalue weighted by molar-refractivity contribution is 7.94. The summed E-state index contributed by atoms with van der Waals surface area (Å²) < 4.78 is 28.9. The van der Waals surface area contributed by atoms with Crippen LogP contribution in [0.5, 0.6) is 0 Å². The molecule has 0 aliphatic carbocycles. The highest BCUT2D eigenvalue weighted by atomic mass is 35.5. The highest BCUT2D eigenvalue weighted by Crippen LogP contribution is 2.29. The summed E-state index contributed by atoms with van der Waals surface area (Å²) >= 11 is 7.11. The van der Waals surface area contributed by atoms with E-state index in [1.54, 1.807) is 36.7 Å². The van der Waals surface area contributed by atoms with Crippen molar-refractivity contribution < 1.29 is 8.42 Å². The van der Waals surface area contributed by atoms with Crippen LogP contribution in [-0.4, -0.2) is 18.2 Å². The van der Waals surface area contributed by atoms with Crippen molar-refractivity contribution in [3.63, 3.8) is 0 Å². The summed E-state index contributed by atoms with van der Waals surface area (Å²) in [6, 6.07) is 9.44. The summed E-state index contributed by atoms with van der Waals surface area (Å²) in [6.07, 6.45) is 0. The zero-order valence-corrected chi connectivity index (χ0v) is 15.7. The molecule has 2 aromatic heterocycles. The summed E-state index contributed by atoms with van der Waals surface area (Å²) in [6.45, 7) is 1.84. The van der Waals surface area contributed by atoms with E-state index in [1.807, 2.05) is 6.92 Å². The van der Waals surface area contributed by atoms with Crippen LogP contribution in [0.4, 0.5) is 5.69 Å². The number of aromatic nitrogens is 2. The molecule has 0 amide bonds. The summed E-state index contributed by atoms with van der Waals surface area (Å²) in [7, 11) is -2.19. The van der Waals surface area contributed by atoms with E-state index in [-0.39, 0.29) is 9.77 Å². The lowest BCUT2D eigenvalue weighted by molar-refractivity contribution is 0.603. The number of halogens is 1. The van der Waals surface area contributed by atoms with Crippen LogP contribution in [0, 0.1) is 6.92 Å². The standard InChI is InChI=1S/C16H14ClN3O3S2/c1-10-3-4-12(8-13(10)17)19-25(22,23)16-7-11(9-24-16)14-5-6-15(21)20(2)18-14/h3-9,19H,1-2H3. The molecule has 0 saturated carbocycles. The van der Waals surface area contributed by atoms with Gasteiger partial charge in [0.25, 0.3) is 15.6 Å². The Bertz CT molecular complexity index is 1100. The molecule has 0 fully saturated rings. The average molecular weight is 396 g/mol. The maximum atomic E-state index is 12.5. The van der Waals surface area contributed by atoms with Gasteiger partial charge < -0.3 is 0 Å². The average Bonchev–Trinajstić information content (AvgIpc) is 3.04. The molecule has 1 N–H and O–H groups in total. The molecule has 0 aliphatic rings. The molecule has 2 heterocycles. The van der Waals surface area contributed by atoms with Crippen LogP contribution < -0.4 is 10.3 Å². The molecular weight excluding hydrogens is 382 g/mol. The second-order valence-electron chi connectivity index (χ2n) is 5.40. The molecule has 0 unspecified atom stereocenters. The molecule has 0 radical (unpaired) electrons. The molecular formula is C16H14ClN3O3S2. The number of sulfonamides is 1. The number of thiophene rings is 1. The molecule has 25 heavy (non-hydrogen) atoms. The Morgan fingerprint density at radius 2 is 1.96 bits per heavy atom. The molecule has 0 saturated heterocycles. The van der Waals surface area contributed by atoms with Crippen LogP contribution in [0.15, 0.2) is 50.8 Å². The zero-order valence-electron chi connectivity index (χ0n) is 13.4. The molecule has 0 spiro atoms. The van der Waals surface area contributed by atoms with Gasteiger partial charge in [0.05, 0.1) is 11.4 Å². The zero-order chi connectivity index (χ0) is 18.2. The first-order valence-corrected chi connectivity index (χ1v) is 9.92. The van der Waals surface area contributed by atoms with Gasteiger partial charge >= 0.3 is 0 Å². The lowest BCUT2D eigenvalue weighted by Gasteiger charge is -2.07. The smallest absolute Gasteiger partial charge is 0.271 e. The number of rotatable bonds is 4. The third-order valence-electron chi connectivity index (χ3n) is 3.52. The molecule has 3 aromatic rings. The minimum Gasteiger partial charge on any atom is -0.279 e. The summed E-state index contributed by atoms with van der Waals surface area (Å²) in [4.78, 5) is 11.4. The van der Waals surface area contributed by atoms with Crippen LogP contribution in [-0.2, 0) is 17.1 Å². The van der Waals surface area contributed by atoms with Crippen molar-refractivity contribution in [3.8, 4) is 11.3 Å². The minimum atomic E-state index is -3.73. The van der Waals surface area contributed by atoms with Crippen molar-refractivity contribution in [2.45, 2.75) is 11.1 Å². The molecule has 1 aromatic carbocycles. The second kappa shape index (κ2) is 6.62. The number of hydrogen-bond acceptors (Lipinski definition) is 5. The lowest BCUT2D eigenvalue weighted by atomic mass is 10.2. The molecule has 6 nitrogen and oxygen atoms in total. The first kappa shape index (κ1) is 17.7. The van der Waals surface area contributed by atoms with Gasteiger partial charge in [-0.15, -0.1) is 11.3 Å². The van der Waals surface area contributed by atoms with Gasteiger partial charge in [-0.05, 0) is 36.8 Å². The fraction of sp³-hybridized carbons (Fsp3) is 0.125. The Hall–Kier alpha value is -2.16. The third-order valence-corrected chi connectivity index (χ3v) is 6.75. The largest absolute Gasteiger partial charge is 0.279 e. The molecule has 0 bridgehead atoms. The summed E-state index contributed by atoms with van der Waals surface area (Å²) in [5, 5.41) is 6.29. The van der Waals surface area contributed by atoms with Crippen LogP contribution in [0.25, 0.3) is 11.3 Å². The lowest BCUT2D eigenvalue weighted by Crippen LogP contribution is -2.18. The van der Waals surface area contributed by atoms with Gasteiger partial charge in [-0.3, -0.25) is 9.52 Å². The number of aryl methyl sites for hydroxylation is 2. The van der Waals surface area contributed by atoms with Crippen LogP contribution >= 0.6 is 22.9 Å². The normalized spacial score (nSPS) is 11.5. The van der Waals surface area contributed by atoms with Gasteiger partial charge in [0.1, 0.15) is 4.21 Å². The van der Waals surface area contributed by atoms with E-state index < -0.39 is 10.0 Å². The van der Waals surface area contributed by atoms with Crippen molar-refractivity contribution >= 4 is 38.6 Å². The summed E-state index contributed by atoms with van der Waals surface area (Å²) in [5.41, 5.74) is 2.18. The monoisotopic (exact) mass is 395 g/mol. The molecule has 3 rings (SSSR count). The highest BCUT2D eigenvalue weighted by Gasteiger charge is 2.18. The van der Waals surface area contributed by atoms with E-state index in [2.05, 4.69) is 9.82 Å². The number of nitrogens with zero attached hydrogens (tertiary/aromatic N) is 2. The van der Waals surface area contributed by atoms with Gasteiger partial charge in [-0.1, -0.05) is 17.7 Å². The van der Waals surface area contributed by atoms with Gasteiger partial charge in [-0.2, -0.15) is 5.10 Å². The van der Waals surface area contributed by atoms with Crippen LogP contribution in [0.3, 0.4) is 0 Å². The number of nitrogens with one attached hydrogen (secondary N) is 1. The van der Waals surface area contributed by atoms with Crippen LogP contribution in [0.2, 0.25) is 5.02 Å². The van der Waals surface area contributed by atoms with E-state index in [0.717, 1.165) is 16.9 Å². The van der Waals surface area contributed by atoms with E-state index in [4.69, 9.17) is 11.6 Å². The maximum Gasteiger partial charge on any atom is 0.271 e. The Kier molecular flexibility index (Phi) is 4.68. The summed E-state index contributed by atoms with van der Waals surface area (Å²) in [5.74, 6) is 0. The molecule has 0 atom stereocenters. The van der Waals surface area contributed by atoms with E-state index in [1.165, 1.54) is 16.8 Å². The molecule has 130 valence electrons. The fourth-order valence-electron chi connectivity index (χ4n) is 2.11. The van der Waals surface area contributed by atoms with Crippen molar-refractivity contribution in [1.82, 2.24) is 9.78 Å². The van der Waals surface area contributed by atoms with Crippen molar-refractivity contribution in [2.24, 2.45) is 7.05 Å². The Morgan fingerprint density at radius 3 is 2.64 bits per heavy atom. The minimum absolute atomic E-state index is 0.148.